The molecule has 0 spiro atoms. The first-order valence-electron chi connectivity index (χ1n) is 28.4. The first kappa shape index (κ1) is 67.8. The van der Waals surface area contributed by atoms with Gasteiger partial charge in [0.15, 0.2) is 11.5 Å². The number of β-amino-alcohol motifs (C(OH)–C–C–N with tert-alkyl or cyclic N) is 1. The van der Waals surface area contributed by atoms with Crippen molar-refractivity contribution in [2.45, 2.75) is 132 Å². The Morgan fingerprint density at radius 2 is 1.51 bits per heavy atom. The summed E-state index contributed by atoms with van der Waals surface area (Å²) in [6.07, 6.45) is -12.4. The van der Waals surface area contributed by atoms with E-state index in [-0.39, 0.29) is 23.5 Å². The Balaban J connectivity index is 1.09. The molecule has 3 aliphatic rings. The lowest BCUT2D eigenvalue weighted by Gasteiger charge is -2.34. The van der Waals surface area contributed by atoms with Gasteiger partial charge in [0.2, 0.25) is 46.3 Å². The molecule has 3 saturated heterocycles. The Labute approximate surface area is 520 Å². The molecule has 8 amide bonds. The molecule has 16 N–H and O–H groups in total. The van der Waals surface area contributed by atoms with Gasteiger partial charge in [-0.15, -0.1) is 0 Å². The number of nitrogens with one attached hydrogen (secondary N) is 5. The molecule has 0 radical (unpaired) electrons. The molecule has 34 heteroatoms. The van der Waals surface area contributed by atoms with E-state index in [4.69, 9.17) is 24.9 Å². The summed E-state index contributed by atoms with van der Waals surface area (Å²) in [5, 5.41) is 119. The number of imidazole rings is 1. The molecule has 32 nitrogen and oxygen atoms in total. The van der Waals surface area contributed by atoms with Gasteiger partial charge in [-0.3, -0.25) is 38.4 Å². The van der Waals surface area contributed by atoms with Crippen LogP contribution in [-0.4, -0.2) is 217 Å². The summed E-state index contributed by atoms with van der Waals surface area (Å²) < 4.78 is 16.6. The number of benzene rings is 3. The van der Waals surface area contributed by atoms with Crippen molar-refractivity contribution in [1.82, 2.24) is 51.0 Å². The number of phenols is 1. The number of hydrogen-bond acceptors (Lipinski definition) is 25. The number of hydrogen-bond donors (Lipinski definition) is 15. The van der Waals surface area contributed by atoms with E-state index < -0.39 is 183 Å². The van der Waals surface area contributed by atoms with Crippen molar-refractivity contribution < 1.29 is 103 Å². The van der Waals surface area contributed by atoms with Crippen LogP contribution in [0.3, 0.4) is 0 Å². The second kappa shape index (κ2) is 30.1. The maximum Gasteiger partial charge on any atom is 0.261 e. The zero-order chi connectivity index (χ0) is 65.2. The summed E-state index contributed by atoms with van der Waals surface area (Å²) >= 11 is 1.25. The van der Waals surface area contributed by atoms with Crippen LogP contribution in [0.4, 0.5) is 0 Å². The van der Waals surface area contributed by atoms with Gasteiger partial charge in [0, 0.05) is 55.1 Å². The van der Waals surface area contributed by atoms with Gasteiger partial charge < -0.3 is 91.9 Å². The summed E-state index contributed by atoms with van der Waals surface area (Å²) in [6.45, 7) is 3.37. The van der Waals surface area contributed by atoms with Gasteiger partial charge in [0.1, 0.15) is 59.2 Å². The highest BCUT2D eigenvalue weighted by Gasteiger charge is 2.50. The van der Waals surface area contributed by atoms with Crippen LogP contribution in [0.5, 0.6) is 17.2 Å². The van der Waals surface area contributed by atoms with E-state index in [0.29, 0.717) is 27.8 Å². The largest absolute Gasteiger partial charge is 0.504 e. The molecule has 2 aromatic heterocycles. The van der Waals surface area contributed by atoms with E-state index in [1.54, 1.807) is 22.8 Å². The quantitative estimate of drug-likeness (QED) is 0.0179. The monoisotopic (exact) mass is 1300 g/mol. The van der Waals surface area contributed by atoms with Gasteiger partial charge in [0.05, 0.1) is 55.4 Å². The third-order valence-corrected chi connectivity index (χ3v) is 16.6. The number of aliphatic hydroxyl groups is 7. The zero-order valence-corrected chi connectivity index (χ0v) is 50.1. The highest BCUT2D eigenvalue weighted by molar-refractivity contribution is 7.90. The molecule has 8 rings (SSSR count). The summed E-state index contributed by atoms with van der Waals surface area (Å²) in [5.74, 6) is -11.2. The zero-order valence-electron chi connectivity index (χ0n) is 48.4. The molecule has 3 aromatic carbocycles. The second-order valence-electron chi connectivity index (χ2n) is 21.9. The number of carbonyl (C=O) groups is 8. The van der Waals surface area contributed by atoms with E-state index >= 15 is 0 Å². The Hall–Kier alpha value is -8.13. The molecule has 5 aromatic rings. The van der Waals surface area contributed by atoms with E-state index in [0.717, 1.165) is 59.1 Å². The number of nitrogens with zero attached hydrogens (tertiary/aromatic N) is 5. The van der Waals surface area contributed by atoms with E-state index in [1.165, 1.54) is 30.4 Å². The fourth-order valence-corrected chi connectivity index (χ4v) is 11.6. The van der Waals surface area contributed by atoms with Gasteiger partial charge in [-0.2, -0.15) is 5.10 Å². The van der Waals surface area contributed by atoms with E-state index in [1.807, 2.05) is 24.3 Å². The fourth-order valence-electron chi connectivity index (χ4n) is 10.5. The smallest absolute Gasteiger partial charge is 0.261 e. The first-order chi connectivity index (χ1) is 42.9. The highest BCUT2D eigenvalue weighted by Crippen LogP contribution is 2.35. The van der Waals surface area contributed by atoms with Crippen LogP contribution < -0.4 is 41.2 Å². The van der Waals surface area contributed by atoms with Gasteiger partial charge in [-0.25, -0.2) is 14.8 Å². The standard InChI is InChI=1S/C56H69N11O21S2/c1-4-5-16-85-33-13-10-27(11-14-33)35-24-67-56(60-35)89-53(64-67)29-8-6-28(7-9-29)48(77)59-34-18-31(69)21-58-52(81)44-45(74)25(2)22-66(44)55(83)42(38(72)20-40(57)73)62-51(80)43(47(76)46(75)30-12-15-37(71)39(17-30)86-90-88-87-84)63-50(79)36-19-32(70)23-65(36)54(82)41(26(3)68)61-49(34)78/h6-15,17,24-26,31-32,34,36,38,41-47,68-72,74-76,84H,4-5,16,18-23H2,1-3H3,(H2,57,73)(H,58,81)(H,59,77)(H,61,78)(H,62,80)(H,63,79)/t25?,26?,31?,32?,34-,36?,38?,41?,42?,43?,44?,45?,46?,47?/m0/s1. The summed E-state index contributed by atoms with van der Waals surface area (Å²) in [5.41, 5.74) is 7.13. The number of carbonyl (C=O) groups excluding carboxylic acids is 8. The number of primary amides is 1. The maximum atomic E-state index is 14.7. The number of aromatic nitrogens is 3. The molecule has 5 heterocycles. The minimum atomic E-state index is -2.53. The summed E-state index contributed by atoms with van der Waals surface area (Å²) in [7, 11) is 0. The minimum Gasteiger partial charge on any atom is -0.504 e. The average Bonchev–Trinajstić information content (AvgIpc) is 1.75. The third-order valence-electron chi connectivity index (χ3n) is 15.3. The second-order valence-corrected chi connectivity index (χ2v) is 23.3. The van der Waals surface area contributed by atoms with Gasteiger partial charge in [-0.05, 0) is 67.4 Å². The Kier molecular flexibility index (Phi) is 22.7. The first-order valence-corrected chi connectivity index (χ1v) is 29.9. The van der Waals surface area contributed by atoms with Crippen molar-refractivity contribution >= 4 is 75.9 Å². The molecule has 0 bridgehead atoms. The molecule has 90 heavy (non-hydrogen) atoms. The van der Waals surface area contributed by atoms with Gasteiger partial charge >= 0.3 is 0 Å². The van der Waals surface area contributed by atoms with Gasteiger partial charge in [0.25, 0.3) is 18.2 Å². The summed E-state index contributed by atoms with van der Waals surface area (Å²) in [6, 6.07) is 4.19. The number of aromatic hydroxyl groups is 1. The molecular formula is C56H69N11O21S2. The van der Waals surface area contributed by atoms with Crippen molar-refractivity contribution in [3.05, 3.63) is 84.1 Å². The number of ether oxygens (including phenoxy) is 1. The van der Waals surface area contributed by atoms with Crippen molar-refractivity contribution in [1.29, 1.82) is 0 Å². The molecule has 0 saturated carbocycles. The van der Waals surface area contributed by atoms with Crippen LogP contribution >= 0.6 is 23.7 Å². The lowest BCUT2D eigenvalue weighted by atomic mass is 9.96. The number of nitrogens with two attached hydrogens (primary N) is 1. The number of phenolic OH excluding ortho intramolecular Hbond substituents is 1. The van der Waals surface area contributed by atoms with Crippen LogP contribution in [-0.2, 0) is 42.9 Å². The average molecular weight is 1300 g/mol. The van der Waals surface area contributed by atoms with Crippen LogP contribution in [0.2, 0.25) is 0 Å². The van der Waals surface area contributed by atoms with Crippen molar-refractivity contribution in [3.8, 4) is 39.1 Å². The number of amides is 8. The van der Waals surface area contributed by atoms with Crippen molar-refractivity contribution in [2.24, 2.45) is 11.7 Å². The highest BCUT2D eigenvalue weighted by atomic mass is 32.2. The molecule has 14 atom stereocenters. The van der Waals surface area contributed by atoms with Crippen LogP contribution in [0.25, 0.3) is 26.8 Å². The predicted molar refractivity (Wildman–Crippen MR) is 313 cm³/mol. The minimum absolute atomic E-state index is 0.0106. The Bertz CT molecular complexity index is 3360. The van der Waals surface area contributed by atoms with Crippen molar-refractivity contribution in [2.75, 3.05) is 26.2 Å². The Morgan fingerprint density at radius 3 is 2.18 bits per heavy atom. The number of rotatable bonds is 19. The number of unbranched alkanes of at least 4 members (excludes halogenated alkanes) is 1. The molecule has 0 aliphatic carbocycles. The number of fused-ring (bicyclic) bond motifs is 3. The van der Waals surface area contributed by atoms with Crippen LogP contribution in [0.1, 0.15) is 74.9 Å². The lowest BCUT2D eigenvalue weighted by molar-refractivity contribution is -0.433. The SMILES string of the molecule is CCCCOc1ccc(-c2cn3nc(-c4ccc(C(=O)N[C@H]5CC(O)CNC(=O)C6C(O)C(C)CN6C(=O)C(C(O)CC(N)=O)NC(=O)C(C(O)C(O)c6ccc(O)c(OSOOO)c6)NC(=O)C6CC(O)CN6C(=O)C(C(C)O)NC5=O)cc4)sc3n2)cc1. The van der Waals surface area contributed by atoms with Crippen LogP contribution in [0, 0.1) is 5.92 Å². The number of aliphatic hydroxyl groups excluding tert-OH is 7. The fraction of sp³-hybridized carbons (Fsp3) is 0.464. The molecule has 13 unspecified atom stereocenters. The Morgan fingerprint density at radius 1 is 0.833 bits per heavy atom. The maximum absolute atomic E-state index is 14.7. The molecular weight excluding hydrogens is 1230 g/mol. The molecule has 3 fully saturated rings. The topological polar surface area (TPSA) is 478 Å². The van der Waals surface area contributed by atoms with Crippen LogP contribution in [0.15, 0.2) is 72.9 Å². The normalized spacial score (nSPS) is 25.4. The van der Waals surface area contributed by atoms with E-state index in [2.05, 4.69) is 48.0 Å². The van der Waals surface area contributed by atoms with Crippen molar-refractivity contribution in [3.63, 3.8) is 0 Å². The third kappa shape index (κ3) is 16.1. The lowest BCUT2D eigenvalue weighted by Crippen LogP contribution is -2.64. The van der Waals surface area contributed by atoms with E-state index in [9.17, 15) is 79.2 Å². The molecule has 486 valence electrons. The van der Waals surface area contributed by atoms with Gasteiger partial charge in [-0.1, -0.05) is 59.2 Å². The predicted octanol–water partition coefficient (Wildman–Crippen LogP) is -2.31. The molecule has 3 aliphatic heterocycles. The summed E-state index contributed by atoms with van der Waals surface area (Å²) in [4.78, 5) is 120.